The van der Waals surface area contributed by atoms with Crippen LogP contribution in [0.5, 0.6) is 5.75 Å². The van der Waals surface area contributed by atoms with Gasteiger partial charge in [-0.25, -0.2) is 9.78 Å². The SMILES string of the molecule is CC(C)(C)OC(=O)[C@@H]1CCCN1C(=O)c1ncccc1O. The lowest BCUT2D eigenvalue weighted by Gasteiger charge is -2.27. The average Bonchev–Trinajstić information content (AvgIpc) is 2.85. The van der Waals surface area contributed by atoms with Gasteiger partial charge in [0.05, 0.1) is 0 Å². The van der Waals surface area contributed by atoms with Crippen molar-refractivity contribution in [3.05, 3.63) is 24.0 Å². The summed E-state index contributed by atoms with van der Waals surface area (Å²) in [4.78, 5) is 30.0. The van der Waals surface area contributed by atoms with Crippen LogP contribution in [0.2, 0.25) is 0 Å². The van der Waals surface area contributed by atoms with Crippen LogP contribution in [0.15, 0.2) is 18.3 Å². The van der Waals surface area contributed by atoms with Crippen molar-refractivity contribution in [2.75, 3.05) is 6.54 Å². The van der Waals surface area contributed by atoms with E-state index in [1.165, 1.54) is 17.2 Å². The lowest BCUT2D eigenvalue weighted by molar-refractivity contribution is -0.159. The van der Waals surface area contributed by atoms with Crippen LogP contribution < -0.4 is 0 Å². The summed E-state index contributed by atoms with van der Waals surface area (Å²) in [6.45, 7) is 5.82. The van der Waals surface area contributed by atoms with Gasteiger partial charge in [-0.3, -0.25) is 4.79 Å². The molecule has 1 N–H and O–H groups in total. The first kappa shape index (κ1) is 15.3. The second-order valence-corrected chi connectivity index (χ2v) is 6.06. The molecule has 1 amide bonds. The van der Waals surface area contributed by atoms with Crippen LogP contribution in [0.25, 0.3) is 0 Å². The van der Waals surface area contributed by atoms with Crippen LogP contribution in [0.3, 0.4) is 0 Å². The number of likely N-dealkylation sites (tertiary alicyclic amines) is 1. The Labute approximate surface area is 123 Å². The van der Waals surface area contributed by atoms with E-state index in [-0.39, 0.29) is 11.4 Å². The van der Waals surface area contributed by atoms with E-state index in [1.54, 1.807) is 26.8 Å². The van der Waals surface area contributed by atoms with Gasteiger partial charge in [0.1, 0.15) is 17.4 Å². The van der Waals surface area contributed by atoms with Gasteiger partial charge in [0.15, 0.2) is 5.69 Å². The molecule has 0 saturated carbocycles. The summed E-state index contributed by atoms with van der Waals surface area (Å²) < 4.78 is 5.35. The zero-order valence-corrected chi connectivity index (χ0v) is 12.5. The molecule has 0 spiro atoms. The summed E-state index contributed by atoms with van der Waals surface area (Å²) in [5.74, 6) is -1.04. The highest BCUT2D eigenvalue weighted by atomic mass is 16.6. The lowest BCUT2D eigenvalue weighted by atomic mass is 10.1. The number of rotatable bonds is 2. The van der Waals surface area contributed by atoms with Gasteiger partial charge in [-0.1, -0.05) is 0 Å². The summed E-state index contributed by atoms with van der Waals surface area (Å²) in [5.41, 5.74) is -0.630. The van der Waals surface area contributed by atoms with Crippen molar-refractivity contribution < 1.29 is 19.4 Å². The molecule has 114 valence electrons. The number of aromatic nitrogens is 1. The van der Waals surface area contributed by atoms with Gasteiger partial charge in [-0.05, 0) is 45.7 Å². The van der Waals surface area contributed by atoms with Gasteiger partial charge in [0.25, 0.3) is 5.91 Å². The number of nitrogens with zero attached hydrogens (tertiary/aromatic N) is 2. The Morgan fingerprint density at radius 3 is 2.76 bits per heavy atom. The number of carbonyl (C=O) groups excluding carboxylic acids is 2. The maximum atomic E-state index is 12.4. The predicted molar refractivity (Wildman–Crippen MR) is 75.8 cm³/mol. The molecule has 2 heterocycles. The first-order valence-electron chi connectivity index (χ1n) is 6.97. The van der Waals surface area contributed by atoms with Crippen LogP contribution >= 0.6 is 0 Å². The zero-order valence-electron chi connectivity index (χ0n) is 12.5. The summed E-state index contributed by atoms with van der Waals surface area (Å²) in [7, 11) is 0. The number of amides is 1. The number of carbonyl (C=O) groups is 2. The van der Waals surface area contributed by atoms with Gasteiger partial charge < -0.3 is 14.7 Å². The molecule has 1 aromatic heterocycles. The van der Waals surface area contributed by atoms with E-state index in [1.807, 2.05) is 0 Å². The quantitative estimate of drug-likeness (QED) is 0.840. The third-order valence-electron chi connectivity index (χ3n) is 3.18. The number of esters is 1. The molecule has 1 aromatic rings. The molecule has 1 aliphatic rings. The highest BCUT2D eigenvalue weighted by molar-refractivity contribution is 5.97. The number of ether oxygens (including phenoxy) is 1. The molecule has 0 aliphatic carbocycles. The summed E-state index contributed by atoms with van der Waals surface area (Å²) in [5, 5.41) is 9.73. The van der Waals surface area contributed by atoms with E-state index < -0.39 is 23.5 Å². The fraction of sp³-hybridized carbons (Fsp3) is 0.533. The minimum atomic E-state index is -0.613. The van der Waals surface area contributed by atoms with Gasteiger partial charge in [-0.15, -0.1) is 0 Å². The van der Waals surface area contributed by atoms with Crippen LogP contribution in [0.1, 0.15) is 44.1 Å². The molecular formula is C15H20N2O4. The van der Waals surface area contributed by atoms with Crippen molar-refractivity contribution in [1.82, 2.24) is 9.88 Å². The second-order valence-electron chi connectivity index (χ2n) is 6.06. The largest absolute Gasteiger partial charge is 0.505 e. The number of aromatic hydroxyl groups is 1. The Hall–Kier alpha value is -2.11. The highest BCUT2D eigenvalue weighted by Crippen LogP contribution is 2.25. The molecule has 2 rings (SSSR count). The molecule has 6 nitrogen and oxygen atoms in total. The summed E-state index contributed by atoms with van der Waals surface area (Å²) >= 11 is 0. The monoisotopic (exact) mass is 292 g/mol. The molecule has 21 heavy (non-hydrogen) atoms. The third kappa shape index (κ3) is 3.51. The fourth-order valence-corrected chi connectivity index (χ4v) is 2.32. The summed E-state index contributed by atoms with van der Waals surface area (Å²) in [6.07, 6.45) is 2.73. The van der Waals surface area contributed by atoms with Crippen molar-refractivity contribution in [3.8, 4) is 5.75 Å². The fourth-order valence-electron chi connectivity index (χ4n) is 2.32. The second kappa shape index (κ2) is 5.71. The van der Waals surface area contributed by atoms with Crippen molar-refractivity contribution in [3.63, 3.8) is 0 Å². The normalized spacial score (nSPS) is 18.6. The smallest absolute Gasteiger partial charge is 0.329 e. The van der Waals surface area contributed by atoms with Gasteiger partial charge in [-0.2, -0.15) is 0 Å². The van der Waals surface area contributed by atoms with Crippen molar-refractivity contribution in [2.45, 2.75) is 45.3 Å². The van der Waals surface area contributed by atoms with E-state index in [0.29, 0.717) is 13.0 Å². The maximum Gasteiger partial charge on any atom is 0.329 e. The number of hydrogen-bond donors (Lipinski definition) is 1. The van der Waals surface area contributed by atoms with E-state index in [4.69, 9.17) is 4.74 Å². The van der Waals surface area contributed by atoms with E-state index in [0.717, 1.165) is 6.42 Å². The Balaban J connectivity index is 2.17. The van der Waals surface area contributed by atoms with Crippen molar-refractivity contribution in [1.29, 1.82) is 0 Å². The first-order chi connectivity index (χ1) is 9.79. The molecule has 1 aliphatic heterocycles. The zero-order chi connectivity index (χ0) is 15.6. The summed E-state index contributed by atoms with van der Waals surface area (Å²) in [6, 6.07) is 2.33. The third-order valence-corrected chi connectivity index (χ3v) is 3.18. The molecular weight excluding hydrogens is 272 g/mol. The number of hydrogen-bond acceptors (Lipinski definition) is 5. The minimum Gasteiger partial charge on any atom is -0.505 e. The highest BCUT2D eigenvalue weighted by Gasteiger charge is 2.38. The standard InChI is InChI=1S/C15H20N2O4/c1-15(2,3)21-14(20)10-6-5-9-17(10)13(19)12-11(18)7-4-8-16-12/h4,7-8,10,18H,5-6,9H2,1-3H3/t10-/m0/s1. The molecule has 1 atom stereocenters. The Morgan fingerprint density at radius 2 is 2.14 bits per heavy atom. The average molecular weight is 292 g/mol. The molecule has 0 radical (unpaired) electrons. The number of pyridine rings is 1. The maximum absolute atomic E-state index is 12.4. The Kier molecular flexibility index (Phi) is 4.16. The van der Waals surface area contributed by atoms with Gasteiger partial charge in [0.2, 0.25) is 0 Å². The molecule has 0 unspecified atom stereocenters. The Morgan fingerprint density at radius 1 is 1.43 bits per heavy atom. The predicted octanol–water partition coefficient (Wildman–Crippen LogP) is 1.73. The van der Waals surface area contributed by atoms with Crippen LogP contribution in [-0.2, 0) is 9.53 Å². The molecule has 0 aromatic carbocycles. The topological polar surface area (TPSA) is 79.7 Å². The van der Waals surface area contributed by atoms with E-state index >= 15 is 0 Å². The van der Waals surface area contributed by atoms with Crippen LogP contribution in [0.4, 0.5) is 0 Å². The van der Waals surface area contributed by atoms with Gasteiger partial charge >= 0.3 is 5.97 Å². The van der Waals surface area contributed by atoms with Gasteiger partial charge in [0, 0.05) is 12.7 Å². The molecule has 6 heteroatoms. The molecule has 1 fully saturated rings. The van der Waals surface area contributed by atoms with Crippen molar-refractivity contribution >= 4 is 11.9 Å². The van der Waals surface area contributed by atoms with E-state index in [2.05, 4.69) is 4.98 Å². The Bertz CT molecular complexity index is 551. The molecule has 0 bridgehead atoms. The molecule has 1 saturated heterocycles. The van der Waals surface area contributed by atoms with Crippen molar-refractivity contribution in [2.24, 2.45) is 0 Å². The van der Waals surface area contributed by atoms with Crippen LogP contribution in [0, 0.1) is 0 Å². The minimum absolute atomic E-state index is 0.0343. The van der Waals surface area contributed by atoms with Crippen LogP contribution in [-0.4, -0.2) is 45.1 Å². The van der Waals surface area contributed by atoms with E-state index in [9.17, 15) is 14.7 Å². The first-order valence-corrected chi connectivity index (χ1v) is 6.97. The lowest BCUT2D eigenvalue weighted by Crippen LogP contribution is -2.43.